The number of nitrogens with zero attached hydrogens (tertiary/aromatic N) is 1. The second kappa shape index (κ2) is 8.80. The molecular formula is C22H28N2O. The van der Waals surface area contributed by atoms with Crippen molar-refractivity contribution in [2.24, 2.45) is 0 Å². The Hall–Kier alpha value is -2.16. The maximum Gasteiger partial charge on any atom is 0.251 e. The highest BCUT2D eigenvalue weighted by Crippen LogP contribution is 2.30. The highest BCUT2D eigenvalue weighted by Gasteiger charge is 2.19. The molecule has 132 valence electrons. The van der Waals surface area contributed by atoms with Crippen LogP contribution in [0.4, 0.5) is 5.69 Å². The molecular weight excluding hydrogens is 308 g/mol. The Bertz CT molecular complexity index is 758. The minimum atomic E-state index is 0.0725. The molecule has 0 bridgehead atoms. The molecule has 1 aliphatic carbocycles. The van der Waals surface area contributed by atoms with E-state index in [9.17, 15) is 4.79 Å². The molecule has 25 heavy (non-hydrogen) atoms. The number of hydrogen-bond acceptors (Lipinski definition) is 2. The van der Waals surface area contributed by atoms with Gasteiger partial charge in [0.15, 0.2) is 0 Å². The molecule has 1 aromatic carbocycles. The SMILES string of the molecule is CCCCCCC1=C(C(=O)Nc2cccc3cccnc23)CCCC1. The van der Waals surface area contributed by atoms with Crippen molar-refractivity contribution in [3.63, 3.8) is 0 Å². The Morgan fingerprint density at radius 2 is 1.92 bits per heavy atom. The molecule has 0 saturated carbocycles. The van der Waals surface area contributed by atoms with Crippen LogP contribution >= 0.6 is 0 Å². The van der Waals surface area contributed by atoms with Gasteiger partial charge in [0.25, 0.3) is 5.91 Å². The van der Waals surface area contributed by atoms with E-state index in [-0.39, 0.29) is 5.91 Å². The van der Waals surface area contributed by atoms with E-state index in [0.29, 0.717) is 0 Å². The first-order chi connectivity index (χ1) is 12.3. The molecule has 0 aliphatic heterocycles. The zero-order chi connectivity index (χ0) is 17.5. The number of para-hydroxylation sites is 1. The van der Waals surface area contributed by atoms with Crippen molar-refractivity contribution < 1.29 is 4.79 Å². The zero-order valence-corrected chi connectivity index (χ0v) is 15.2. The fourth-order valence-electron chi connectivity index (χ4n) is 3.69. The van der Waals surface area contributed by atoms with E-state index in [1.165, 1.54) is 37.7 Å². The van der Waals surface area contributed by atoms with Crippen molar-refractivity contribution in [1.29, 1.82) is 0 Å². The third kappa shape index (κ3) is 4.47. The molecule has 2 aromatic rings. The second-order valence-electron chi connectivity index (χ2n) is 6.93. The lowest BCUT2D eigenvalue weighted by molar-refractivity contribution is -0.113. The number of carbonyl (C=O) groups is 1. The van der Waals surface area contributed by atoms with Gasteiger partial charge in [0, 0.05) is 17.2 Å². The minimum Gasteiger partial charge on any atom is -0.320 e. The van der Waals surface area contributed by atoms with Gasteiger partial charge < -0.3 is 5.32 Å². The Balaban J connectivity index is 1.76. The smallest absolute Gasteiger partial charge is 0.251 e. The third-order valence-electron chi connectivity index (χ3n) is 5.07. The number of amides is 1. The van der Waals surface area contributed by atoms with Gasteiger partial charge in [-0.25, -0.2) is 0 Å². The molecule has 1 aromatic heterocycles. The summed E-state index contributed by atoms with van der Waals surface area (Å²) >= 11 is 0. The van der Waals surface area contributed by atoms with Crippen molar-refractivity contribution in [2.75, 3.05) is 5.32 Å². The first-order valence-corrected chi connectivity index (χ1v) is 9.65. The molecule has 0 fully saturated rings. The number of nitrogens with one attached hydrogen (secondary N) is 1. The molecule has 1 amide bonds. The van der Waals surface area contributed by atoms with Gasteiger partial charge in [0.2, 0.25) is 0 Å². The summed E-state index contributed by atoms with van der Waals surface area (Å²) in [4.78, 5) is 17.4. The first-order valence-electron chi connectivity index (χ1n) is 9.65. The fraction of sp³-hybridized carbons (Fsp3) is 0.455. The molecule has 0 spiro atoms. The fourth-order valence-corrected chi connectivity index (χ4v) is 3.69. The number of allylic oxidation sites excluding steroid dienone is 1. The third-order valence-corrected chi connectivity index (χ3v) is 5.07. The summed E-state index contributed by atoms with van der Waals surface area (Å²) in [5.74, 6) is 0.0725. The summed E-state index contributed by atoms with van der Waals surface area (Å²) < 4.78 is 0. The van der Waals surface area contributed by atoms with Crippen molar-refractivity contribution in [2.45, 2.75) is 64.7 Å². The van der Waals surface area contributed by atoms with Crippen LogP contribution < -0.4 is 5.32 Å². The van der Waals surface area contributed by atoms with Gasteiger partial charge >= 0.3 is 0 Å². The van der Waals surface area contributed by atoms with Gasteiger partial charge in [-0.05, 0) is 50.7 Å². The van der Waals surface area contributed by atoms with E-state index in [1.54, 1.807) is 6.20 Å². The normalized spacial score (nSPS) is 14.8. The van der Waals surface area contributed by atoms with E-state index >= 15 is 0 Å². The highest BCUT2D eigenvalue weighted by molar-refractivity contribution is 6.08. The number of rotatable bonds is 7. The summed E-state index contributed by atoms with van der Waals surface area (Å²) in [6.45, 7) is 2.23. The van der Waals surface area contributed by atoms with E-state index in [1.807, 2.05) is 30.3 Å². The van der Waals surface area contributed by atoms with Gasteiger partial charge in [0.05, 0.1) is 11.2 Å². The number of fused-ring (bicyclic) bond motifs is 1. The molecule has 1 aliphatic rings. The maximum absolute atomic E-state index is 12.9. The van der Waals surface area contributed by atoms with Crippen molar-refractivity contribution in [3.8, 4) is 0 Å². The van der Waals surface area contributed by atoms with Gasteiger partial charge in [-0.3, -0.25) is 9.78 Å². The second-order valence-corrected chi connectivity index (χ2v) is 6.93. The minimum absolute atomic E-state index is 0.0725. The van der Waals surface area contributed by atoms with E-state index < -0.39 is 0 Å². The molecule has 3 rings (SSSR count). The van der Waals surface area contributed by atoms with Crippen LogP contribution in [0.2, 0.25) is 0 Å². The lowest BCUT2D eigenvalue weighted by Gasteiger charge is -2.20. The quantitative estimate of drug-likeness (QED) is 0.629. The molecule has 3 heteroatoms. The average molecular weight is 336 g/mol. The number of pyridine rings is 1. The van der Waals surface area contributed by atoms with Gasteiger partial charge in [-0.1, -0.05) is 50.0 Å². The topological polar surface area (TPSA) is 42.0 Å². The van der Waals surface area contributed by atoms with Crippen molar-refractivity contribution in [3.05, 3.63) is 47.7 Å². The number of benzene rings is 1. The Kier molecular flexibility index (Phi) is 6.21. The Labute approximate surface area is 150 Å². The number of anilines is 1. The van der Waals surface area contributed by atoms with E-state index in [0.717, 1.165) is 47.8 Å². The number of unbranched alkanes of at least 4 members (excludes halogenated alkanes) is 3. The molecule has 1 N–H and O–H groups in total. The van der Waals surface area contributed by atoms with Crippen LogP contribution in [0, 0.1) is 0 Å². The predicted molar refractivity (Wildman–Crippen MR) is 105 cm³/mol. The van der Waals surface area contributed by atoms with E-state index in [2.05, 4.69) is 17.2 Å². The van der Waals surface area contributed by atoms with Gasteiger partial charge in [-0.2, -0.15) is 0 Å². The largest absolute Gasteiger partial charge is 0.320 e. The Morgan fingerprint density at radius 3 is 2.80 bits per heavy atom. The molecule has 0 atom stereocenters. The standard InChI is InChI=1S/C22H28N2O/c1-2-3-4-5-10-17-11-6-7-14-19(17)22(25)24-20-15-8-12-18-13-9-16-23-21(18)20/h8-9,12-13,15-16H,2-7,10-11,14H2,1H3,(H,24,25). The van der Waals surface area contributed by atoms with Gasteiger partial charge in [-0.15, -0.1) is 0 Å². The van der Waals surface area contributed by atoms with Crippen LogP contribution in [-0.4, -0.2) is 10.9 Å². The van der Waals surface area contributed by atoms with Gasteiger partial charge in [0.1, 0.15) is 0 Å². The van der Waals surface area contributed by atoms with Crippen LogP contribution in [0.3, 0.4) is 0 Å². The number of carbonyl (C=O) groups excluding carboxylic acids is 1. The number of aromatic nitrogens is 1. The van der Waals surface area contributed by atoms with Crippen LogP contribution in [-0.2, 0) is 4.79 Å². The summed E-state index contributed by atoms with van der Waals surface area (Å²) in [6, 6.07) is 9.89. The van der Waals surface area contributed by atoms with Crippen LogP contribution in [0.25, 0.3) is 10.9 Å². The lowest BCUT2D eigenvalue weighted by atomic mass is 9.88. The molecule has 1 heterocycles. The summed E-state index contributed by atoms with van der Waals surface area (Å²) in [5, 5.41) is 4.18. The Morgan fingerprint density at radius 1 is 1.08 bits per heavy atom. The van der Waals surface area contributed by atoms with Crippen molar-refractivity contribution >= 4 is 22.5 Å². The molecule has 0 radical (unpaired) electrons. The molecule has 0 unspecified atom stereocenters. The first kappa shape index (κ1) is 17.7. The number of hydrogen-bond donors (Lipinski definition) is 1. The predicted octanol–water partition coefficient (Wildman–Crippen LogP) is 6.01. The average Bonchev–Trinajstić information content (AvgIpc) is 2.66. The van der Waals surface area contributed by atoms with Crippen LogP contribution in [0.5, 0.6) is 0 Å². The van der Waals surface area contributed by atoms with Crippen LogP contribution in [0.1, 0.15) is 64.7 Å². The zero-order valence-electron chi connectivity index (χ0n) is 15.2. The summed E-state index contributed by atoms with van der Waals surface area (Å²) in [7, 11) is 0. The molecule has 0 saturated heterocycles. The summed E-state index contributed by atoms with van der Waals surface area (Å²) in [6.07, 6.45) is 12.2. The molecule has 3 nitrogen and oxygen atoms in total. The monoisotopic (exact) mass is 336 g/mol. The highest BCUT2D eigenvalue weighted by atomic mass is 16.1. The summed E-state index contributed by atoms with van der Waals surface area (Å²) in [5.41, 5.74) is 4.08. The van der Waals surface area contributed by atoms with Crippen LogP contribution in [0.15, 0.2) is 47.7 Å². The van der Waals surface area contributed by atoms with E-state index in [4.69, 9.17) is 0 Å². The lowest BCUT2D eigenvalue weighted by Crippen LogP contribution is -2.18. The maximum atomic E-state index is 12.9. The van der Waals surface area contributed by atoms with Crippen molar-refractivity contribution in [1.82, 2.24) is 4.98 Å².